The number of hydrogen-bond acceptors (Lipinski definition) is 8. The lowest BCUT2D eigenvalue weighted by Gasteiger charge is -2.18. The SMILES string of the molecule is CC(C)(C)C(=O)c1cc(O)c(O)c(OC(=O)c2cc(O)c(O)c(O)c2)c1. The fraction of sp³-hybridized carbons (Fsp3) is 0.222. The number of aromatic hydroxyl groups is 5. The van der Waals surface area contributed by atoms with Gasteiger partial charge in [-0.15, -0.1) is 0 Å². The average molecular weight is 362 g/mol. The van der Waals surface area contributed by atoms with Crippen molar-refractivity contribution in [1.29, 1.82) is 0 Å². The van der Waals surface area contributed by atoms with Crippen LogP contribution in [-0.2, 0) is 0 Å². The molecule has 2 aromatic carbocycles. The summed E-state index contributed by atoms with van der Waals surface area (Å²) in [6.45, 7) is 4.98. The molecule has 0 aliphatic carbocycles. The minimum atomic E-state index is -1.11. The van der Waals surface area contributed by atoms with Crippen molar-refractivity contribution in [1.82, 2.24) is 0 Å². The lowest BCUT2D eigenvalue weighted by molar-refractivity contribution is 0.0725. The second-order valence-corrected chi connectivity index (χ2v) is 6.67. The van der Waals surface area contributed by atoms with Gasteiger partial charge in [-0.25, -0.2) is 4.79 Å². The van der Waals surface area contributed by atoms with Gasteiger partial charge in [-0.05, 0) is 24.3 Å². The van der Waals surface area contributed by atoms with Gasteiger partial charge in [0.1, 0.15) is 0 Å². The van der Waals surface area contributed by atoms with Gasteiger partial charge >= 0.3 is 5.97 Å². The smallest absolute Gasteiger partial charge is 0.343 e. The van der Waals surface area contributed by atoms with Crippen LogP contribution in [0.25, 0.3) is 0 Å². The van der Waals surface area contributed by atoms with Crippen LogP contribution < -0.4 is 4.74 Å². The zero-order valence-electron chi connectivity index (χ0n) is 14.3. The fourth-order valence-electron chi connectivity index (χ4n) is 2.12. The van der Waals surface area contributed by atoms with Crippen LogP contribution in [0.2, 0.25) is 0 Å². The molecule has 0 saturated carbocycles. The Bertz CT molecular complexity index is 870. The number of ether oxygens (including phenoxy) is 1. The van der Waals surface area contributed by atoms with Gasteiger partial charge in [0, 0.05) is 11.0 Å². The van der Waals surface area contributed by atoms with E-state index in [2.05, 4.69) is 0 Å². The van der Waals surface area contributed by atoms with Crippen LogP contribution in [0.4, 0.5) is 0 Å². The van der Waals surface area contributed by atoms with Gasteiger partial charge in [-0.3, -0.25) is 4.79 Å². The van der Waals surface area contributed by atoms with Crippen LogP contribution >= 0.6 is 0 Å². The number of carbonyl (C=O) groups is 2. The summed E-state index contributed by atoms with van der Waals surface area (Å²) in [5.41, 5.74) is -1.09. The monoisotopic (exact) mass is 362 g/mol. The molecule has 0 amide bonds. The van der Waals surface area contributed by atoms with Crippen LogP contribution in [0, 0.1) is 5.41 Å². The standard InChI is InChI=1S/C18H18O8/c1-18(2,3)16(24)8-4-12(21)15(23)13(7-8)26-17(25)9-5-10(19)14(22)11(20)6-9/h4-7,19-23H,1-3H3. The minimum absolute atomic E-state index is 0.0204. The van der Waals surface area contributed by atoms with Crippen molar-refractivity contribution in [3.63, 3.8) is 0 Å². The zero-order valence-corrected chi connectivity index (χ0v) is 14.3. The molecule has 0 heterocycles. The highest BCUT2D eigenvalue weighted by molar-refractivity contribution is 6.01. The highest BCUT2D eigenvalue weighted by Crippen LogP contribution is 2.39. The molecule has 0 aromatic heterocycles. The average Bonchev–Trinajstić information content (AvgIpc) is 2.54. The molecule has 2 rings (SSSR count). The van der Waals surface area contributed by atoms with E-state index in [1.165, 1.54) is 0 Å². The Morgan fingerprint density at radius 1 is 0.769 bits per heavy atom. The van der Waals surface area contributed by atoms with Gasteiger partial charge in [0.2, 0.25) is 5.75 Å². The number of phenols is 5. The number of esters is 1. The van der Waals surface area contributed by atoms with Crippen LogP contribution in [0.3, 0.4) is 0 Å². The van der Waals surface area contributed by atoms with E-state index in [1.807, 2.05) is 0 Å². The van der Waals surface area contributed by atoms with Gasteiger partial charge in [-0.2, -0.15) is 0 Å². The largest absolute Gasteiger partial charge is 0.504 e. The normalized spacial score (nSPS) is 11.2. The molecule has 138 valence electrons. The molecule has 0 saturated heterocycles. The first-order valence-corrected chi connectivity index (χ1v) is 7.49. The Balaban J connectivity index is 2.42. The number of hydrogen-bond donors (Lipinski definition) is 5. The summed E-state index contributed by atoms with van der Waals surface area (Å²) < 4.78 is 4.96. The van der Waals surface area contributed by atoms with Crippen molar-refractivity contribution in [2.24, 2.45) is 5.41 Å². The predicted octanol–water partition coefficient (Wildman–Crippen LogP) is 2.66. The van der Waals surface area contributed by atoms with E-state index in [0.717, 1.165) is 24.3 Å². The molecular weight excluding hydrogens is 344 g/mol. The lowest BCUT2D eigenvalue weighted by atomic mass is 9.86. The summed E-state index contributed by atoms with van der Waals surface area (Å²) >= 11 is 0. The number of ketones is 1. The first-order chi connectivity index (χ1) is 11.9. The van der Waals surface area contributed by atoms with Crippen LogP contribution in [0.15, 0.2) is 24.3 Å². The summed E-state index contributed by atoms with van der Waals surface area (Å²) in [4.78, 5) is 24.5. The topological polar surface area (TPSA) is 145 Å². The quantitative estimate of drug-likeness (QED) is 0.242. The van der Waals surface area contributed by atoms with Crippen molar-refractivity contribution in [2.75, 3.05) is 0 Å². The molecule has 2 aromatic rings. The van der Waals surface area contributed by atoms with E-state index in [0.29, 0.717) is 0 Å². The molecule has 0 aliphatic rings. The van der Waals surface area contributed by atoms with E-state index < -0.39 is 45.9 Å². The first-order valence-electron chi connectivity index (χ1n) is 7.49. The maximum atomic E-state index is 12.3. The minimum Gasteiger partial charge on any atom is -0.504 e. The Hall–Kier alpha value is -3.42. The highest BCUT2D eigenvalue weighted by Gasteiger charge is 2.26. The van der Waals surface area contributed by atoms with Crippen molar-refractivity contribution in [3.8, 4) is 34.5 Å². The molecule has 0 atom stereocenters. The van der Waals surface area contributed by atoms with E-state index >= 15 is 0 Å². The molecule has 8 heteroatoms. The summed E-state index contributed by atoms with van der Waals surface area (Å²) in [6.07, 6.45) is 0. The number of rotatable bonds is 3. The highest BCUT2D eigenvalue weighted by atomic mass is 16.5. The summed E-state index contributed by atoms with van der Waals surface area (Å²) in [7, 11) is 0. The first kappa shape index (κ1) is 18.9. The predicted molar refractivity (Wildman–Crippen MR) is 90.0 cm³/mol. The van der Waals surface area contributed by atoms with Crippen molar-refractivity contribution in [2.45, 2.75) is 20.8 Å². The second kappa shape index (κ2) is 6.47. The third kappa shape index (κ3) is 3.64. The molecule has 26 heavy (non-hydrogen) atoms. The summed E-state index contributed by atoms with van der Waals surface area (Å²) in [5, 5.41) is 47.9. The van der Waals surface area contributed by atoms with E-state index in [-0.39, 0.29) is 16.9 Å². The van der Waals surface area contributed by atoms with Crippen LogP contribution in [-0.4, -0.2) is 37.3 Å². The maximum absolute atomic E-state index is 12.3. The van der Waals surface area contributed by atoms with Gasteiger partial charge < -0.3 is 30.3 Å². The van der Waals surface area contributed by atoms with Crippen molar-refractivity contribution < 1.29 is 39.9 Å². The number of benzene rings is 2. The van der Waals surface area contributed by atoms with E-state index in [1.54, 1.807) is 20.8 Å². The molecule has 0 radical (unpaired) electrons. The molecule has 0 bridgehead atoms. The molecule has 0 unspecified atom stereocenters. The molecule has 0 spiro atoms. The Labute approximate surface area is 148 Å². The third-order valence-electron chi connectivity index (χ3n) is 3.51. The van der Waals surface area contributed by atoms with Gasteiger partial charge in [-0.1, -0.05) is 20.8 Å². The summed E-state index contributed by atoms with van der Waals surface area (Å²) in [5.74, 6) is -5.65. The van der Waals surface area contributed by atoms with Gasteiger partial charge in [0.15, 0.2) is 34.5 Å². The molecule has 8 nitrogen and oxygen atoms in total. The molecule has 5 N–H and O–H groups in total. The number of carbonyl (C=O) groups excluding carboxylic acids is 2. The Kier molecular flexibility index (Phi) is 4.71. The summed E-state index contributed by atoms with van der Waals surface area (Å²) in [6, 6.07) is 3.84. The second-order valence-electron chi connectivity index (χ2n) is 6.67. The maximum Gasteiger partial charge on any atom is 0.343 e. The molecule has 0 fully saturated rings. The Morgan fingerprint density at radius 3 is 1.73 bits per heavy atom. The number of phenolic OH excluding ortho intramolecular Hbond substituents is 5. The molecule has 0 aliphatic heterocycles. The van der Waals surface area contributed by atoms with Crippen LogP contribution in [0.5, 0.6) is 34.5 Å². The van der Waals surface area contributed by atoms with E-state index in [4.69, 9.17) is 4.74 Å². The van der Waals surface area contributed by atoms with Gasteiger partial charge in [0.05, 0.1) is 5.56 Å². The zero-order chi connectivity index (χ0) is 19.8. The van der Waals surface area contributed by atoms with E-state index in [9.17, 15) is 35.1 Å². The molecular formula is C18H18O8. The number of Topliss-reactive ketones (excluding diaryl/α,β-unsaturated/α-hetero) is 1. The fourth-order valence-corrected chi connectivity index (χ4v) is 2.12. The van der Waals surface area contributed by atoms with Gasteiger partial charge in [0.25, 0.3) is 0 Å². The van der Waals surface area contributed by atoms with Crippen LogP contribution in [0.1, 0.15) is 41.5 Å². The Morgan fingerprint density at radius 2 is 1.23 bits per heavy atom. The van der Waals surface area contributed by atoms with Crippen molar-refractivity contribution in [3.05, 3.63) is 35.4 Å². The lowest BCUT2D eigenvalue weighted by Crippen LogP contribution is -2.20. The van der Waals surface area contributed by atoms with Crippen molar-refractivity contribution >= 4 is 11.8 Å². The third-order valence-corrected chi connectivity index (χ3v) is 3.51.